The number of rotatable bonds is 2. The van der Waals surface area contributed by atoms with E-state index in [1.165, 1.54) is 0 Å². The van der Waals surface area contributed by atoms with Gasteiger partial charge in [0, 0.05) is 5.71 Å². The van der Waals surface area contributed by atoms with Gasteiger partial charge in [-0.05, 0) is 0 Å². The molecular formula is C6H5F7N2. The minimum Gasteiger partial charge on any atom is -0.322 e. The average Bonchev–Trinajstić information content (AvgIpc) is 2.57. The van der Waals surface area contributed by atoms with Crippen LogP contribution >= 0.6 is 0 Å². The molecule has 9 heteroatoms. The van der Waals surface area contributed by atoms with Crippen molar-refractivity contribution in [2.75, 3.05) is 0 Å². The van der Waals surface area contributed by atoms with Gasteiger partial charge in [-0.15, -0.1) is 0 Å². The zero-order chi connectivity index (χ0) is 12.2. The third kappa shape index (κ3) is 1.48. The predicted octanol–water partition coefficient (Wildman–Crippen LogP) is 1.80. The highest BCUT2D eigenvalue weighted by atomic mass is 19.4. The molecule has 2 unspecified atom stereocenters. The van der Waals surface area contributed by atoms with Crippen molar-refractivity contribution in [2.24, 2.45) is 11.7 Å². The van der Waals surface area contributed by atoms with Gasteiger partial charge >= 0.3 is 18.0 Å². The molecule has 88 valence electrons. The zero-order valence-corrected chi connectivity index (χ0v) is 6.88. The maximum atomic E-state index is 12.7. The van der Waals surface area contributed by atoms with Gasteiger partial charge < -0.3 is 11.1 Å². The van der Waals surface area contributed by atoms with Crippen molar-refractivity contribution < 1.29 is 30.7 Å². The number of nitrogens with one attached hydrogen (secondary N) is 1. The first-order valence-corrected chi connectivity index (χ1v) is 3.61. The summed E-state index contributed by atoms with van der Waals surface area (Å²) in [5, 5.41) is 6.61. The zero-order valence-electron chi connectivity index (χ0n) is 6.88. The van der Waals surface area contributed by atoms with Gasteiger partial charge in [0.25, 0.3) is 0 Å². The number of nitrogens with two attached hydrogens (primary N) is 1. The van der Waals surface area contributed by atoms with Crippen molar-refractivity contribution in [1.29, 1.82) is 5.41 Å². The predicted molar refractivity (Wildman–Crippen MR) is 35.1 cm³/mol. The molecule has 0 aromatic rings. The Bertz CT molecular complexity index is 294. The number of alkyl halides is 7. The molecule has 1 aliphatic carbocycles. The van der Waals surface area contributed by atoms with E-state index in [0.29, 0.717) is 0 Å². The van der Waals surface area contributed by atoms with E-state index in [4.69, 9.17) is 11.1 Å². The Morgan fingerprint density at radius 2 is 1.33 bits per heavy atom. The topological polar surface area (TPSA) is 49.9 Å². The van der Waals surface area contributed by atoms with Crippen molar-refractivity contribution in [3.63, 3.8) is 0 Å². The maximum absolute atomic E-state index is 12.7. The first kappa shape index (κ1) is 12.2. The van der Waals surface area contributed by atoms with Crippen LogP contribution in [0.5, 0.6) is 0 Å². The van der Waals surface area contributed by atoms with Gasteiger partial charge in [-0.3, -0.25) is 0 Å². The molecule has 0 saturated heterocycles. The van der Waals surface area contributed by atoms with Gasteiger partial charge in [0.05, 0.1) is 12.0 Å². The third-order valence-corrected chi connectivity index (χ3v) is 2.11. The molecule has 0 aliphatic heterocycles. The highest BCUT2D eigenvalue weighted by Gasteiger charge is 2.79. The van der Waals surface area contributed by atoms with Crippen LogP contribution in [0, 0.1) is 11.3 Å². The summed E-state index contributed by atoms with van der Waals surface area (Å²) in [6.07, 6.45) is -6.36. The van der Waals surface area contributed by atoms with E-state index in [-0.39, 0.29) is 0 Å². The molecule has 1 aliphatic rings. The molecule has 0 aromatic carbocycles. The van der Waals surface area contributed by atoms with E-state index in [1.54, 1.807) is 0 Å². The lowest BCUT2D eigenvalue weighted by Crippen LogP contribution is -2.54. The van der Waals surface area contributed by atoms with E-state index in [1.807, 2.05) is 0 Å². The van der Waals surface area contributed by atoms with E-state index in [9.17, 15) is 30.7 Å². The van der Waals surface area contributed by atoms with Gasteiger partial charge in [0.1, 0.15) is 0 Å². The number of hydrogen-bond acceptors (Lipinski definition) is 2. The van der Waals surface area contributed by atoms with Crippen LogP contribution < -0.4 is 5.73 Å². The quantitative estimate of drug-likeness (QED) is 0.708. The smallest absolute Gasteiger partial charge is 0.322 e. The van der Waals surface area contributed by atoms with Gasteiger partial charge in [-0.2, -0.15) is 30.7 Å². The van der Waals surface area contributed by atoms with Crippen molar-refractivity contribution in [3.05, 3.63) is 0 Å². The monoisotopic (exact) mass is 238 g/mol. The Morgan fingerprint density at radius 3 is 1.53 bits per heavy atom. The highest BCUT2D eigenvalue weighted by molar-refractivity contribution is 6.06. The van der Waals surface area contributed by atoms with Gasteiger partial charge in [-0.25, -0.2) is 0 Å². The van der Waals surface area contributed by atoms with Gasteiger partial charge in [0.15, 0.2) is 0 Å². The fraction of sp³-hybridized carbons (Fsp3) is 0.833. The molecule has 15 heavy (non-hydrogen) atoms. The normalized spacial score (nSPS) is 28.1. The molecule has 0 amide bonds. The summed E-state index contributed by atoms with van der Waals surface area (Å²) in [6.45, 7) is 0. The molecule has 0 aromatic heterocycles. The van der Waals surface area contributed by atoms with Crippen LogP contribution in [0.3, 0.4) is 0 Å². The molecule has 1 fully saturated rings. The maximum Gasteiger partial charge on any atom is 0.459 e. The molecule has 0 heterocycles. The number of halogens is 7. The summed E-state index contributed by atoms with van der Waals surface area (Å²) in [4.78, 5) is 0. The van der Waals surface area contributed by atoms with Crippen molar-refractivity contribution in [3.8, 4) is 0 Å². The molecule has 2 nitrogen and oxygen atoms in total. The van der Waals surface area contributed by atoms with Crippen LogP contribution in [0.1, 0.15) is 0 Å². The van der Waals surface area contributed by atoms with Crippen LogP contribution in [0.25, 0.3) is 0 Å². The molecule has 0 radical (unpaired) electrons. The fourth-order valence-electron chi connectivity index (χ4n) is 1.09. The van der Waals surface area contributed by atoms with Crippen molar-refractivity contribution >= 4 is 5.71 Å². The SMILES string of the molecule is N=C1C(N)C1C(F)(F)C(F)(F)C(F)(F)F. The summed E-state index contributed by atoms with van der Waals surface area (Å²) in [7, 11) is 0. The first-order chi connectivity index (χ1) is 6.44. The van der Waals surface area contributed by atoms with Crippen LogP contribution in [-0.4, -0.2) is 29.8 Å². The minimum absolute atomic E-state index is 0.996. The number of hydrogen-bond donors (Lipinski definition) is 2. The summed E-state index contributed by atoms with van der Waals surface area (Å²) in [6, 6.07) is -1.73. The first-order valence-electron chi connectivity index (χ1n) is 3.61. The minimum atomic E-state index is -6.36. The molecule has 0 spiro atoms. The molecule has 0 bridgehead atoms. The molecule has 3 N–H and O–H groups in total. The average molecular weight is 238 g/mol. The fourth-order valence-corrected chi connectivity index (χ4v) is 1.09. The molecule has 2 atom stereocenters. The Balaban J connectivity index is 3.01. The van der Waals surface area contributed by atoms with E-state index in [0.717, 1.165) is 0 Å². The lowest BCUT2D eigenvalue weighted by atomic mass is 10.1. The Morgan fingerprint density at radius 1 is 1.00 bits per heavy atom. The van der Waals surface area contributed by atoms with Gasteiger partial charge in [0.2, 0.25) is 0 Å². The van der Waals surface area contributed by atoms with Crippen molar-refractivity contribution in [1.82, 2.24) is 0 Å². The highest BCUT2D eigenvalue weighted by Crippen LogP contribution is 2.54. The van der Waals surface area contributed by atoms with E-state index >= 15 is 0 Å². The van der Waals surface area contributed by atoms with E-state index in [2.05, 4.69) is 0 Å². The Labute approximate surface area is 78.7 Å². The van der Waals surface area contributed by atoms with Crippen molar-refractivity contribution in [2.45, 2.75) is 24.1 Å². The molecule has 1 rings (SSSR count). The summed E-state index contributed by atoms with van der Waals surface area (Å²) in [5.41, 5.74) is 3.73. The van der Waals surface area contributed by atoms with Crippen LogP contribution in [0.15, 0.2) is 0 Å². The van der Waals surface area contributed by atoms with Crippen LogP contribution in [0.4, 0.5) is 30.7 Å². The molecule has 1 saturated carbocycles. The summed E-state index contributed by atoms with van der Waals surface area (Å²) in [5.74, 6) is -14.1. The lowest BCUT2D eigenvalue weighted by molar-refractivity contribution is -0.357. The second-order valence-electron chi connectivity index (χ2n) is 3.15. The third-order valence-electron chi connectivity index (χ3n) is 2.11. The van der Waals surface area contributed by atoms with Crippen LogP contribution in [-0.2, 0) is 0 Å². The Kier molecular flexibility index (Phi) is 2.31. The second-order valence-corrected chi connectivity index (χ2v) is 3.15. The standard InChI is InChI=1S/C6H5F7N2/c7-4(8,1-2(14)3(1)15)5(9,10)6(11,12)13/h1-2,15H,14H2. The molecular weight excluding hydrogens is 233 g/mol. The lowest BCUT2D eigenvalue weighted by Gasteiger charge is -2.27. The summed E-state index contributed by atoms with van der Waals surface area (Å²) < 4.78 is 84.9. The van der Waals surface area contributed by atoms with E-state index < -0.39 is 35.7 Å². The largest absolute Gasteiger partial charge is 0.459 e. The Hall–Kier alpha value is -0.860. The van der Waals surface area contributed by atoms with Crippen LogP contribution in [0.2, 0.25) is 0 Å². The summed E-state index contributed by atoms with van der Waals surface area (Å²) >= 11 is 0. The van der Waals surface area contributed by atoms with Gasteiger partial charge in [-0.1, -0.05) is 0 Å². The second kappa shape index (κ2) is 2.83.